The van der Waals surface area contributed by atoms with E-state index in [-0.39, 0.29) is 12.5 Å². The van der Waals surface area contributed by atoms with Crippen LogP contribution in [0.15, 0.2) is 64.9 Å². The van der Waals surface area contributed by atoms with Gasteiger partial charge in [0.05, 0.1) is 5.69 Å². The van der Waals surface area contributed by atoms with Crippen molar-refractivity contribution in [1.82, 2.24) is 5.01 Å². The van der Waals surface area contributed by atoms with Crippen molar-refractivity contribution in [1.29, 1.82) is 0 Å². The Balaban J connectivity index is 1.47. The van der Waals surface area contributed by atoms with Gasteiger partial charge >= 0.3 is 0 Å². The molecule has 8 nitrogen and oxygen atoms in total. The molecule has 3 amide bonds. The number of nitrogens with zero attached hydrogens (tertiary/aromatic N) is 4. The van der Waals surface area contributed by atoms with Crippen LogP contribution in [0.25, 0.3) is 0 Å². The second-order valence-corrected chi connectivity index (χ2v) is 6.53. The van der Waals surface area contributed by atoms with E-state index < -0.39 is 23.9 Å². The standard InChI is InChI=1S/C18H14ClN5O3/c19-11-6-8-12(9-7-11)20-14(25)10-23-16-15(21-22-23)17(26)24(18(16)27)13-4-2-1-3-5-13/h1-9,15-16H,10H2,(H,20,25)/t15-,16-/m0/s1. The van der Waals surface area contributed by atoms with Crippen LogP contribution in [-0.4, -0.2) is 41.4 Å². The predicted octanol–water partition coefficient (Wildman–Crippen LogP) is 2.27. The number of amides is 3. The zero-order valence-electron chi connectivity index (χ0n) is 13.9. The number of fused-ring (bicyclic) bond motifs is 1. The predicted molar refractivity (Wildman–Crippen MR) is 98.2 cm³/mol. The Morgan fingerprint density at radius 3 is 2.44 bits per heavy atom. The lowest BCUT2D eigenvalue weighted by Crippen LogP contribution is -2.43. The Bertz CT molecular complexity index is 932. The van der Waals surface area contributed by atoms with Crippen LogP contribution >= 0.6 is 11.6 Å². The number of carbonyl (C=O) groups is 3. The zero-order chi connectivity index (χ0) is 19.0. The minimum absolute atomic E-state index is 0.199. The van der Waals surface area contributed by atoms with Crippen LogP contribution in [0.2, 0.25) is 5.02 Å². The molecular formula is C18H14ClN5O3. The summed E-state index contributed by atoms with van der Waals surface area (Å²) in [6.45, 7) is -0.199. The Labute approximate surface area is 159 Å². The first-order valence-corrected chi connectivity index (χ1v) is 8.58. The van der Waals surface area contributed by atoms with Crippen LogP contribution < -0.4 is 10.2 Å². The highest BCUT2D eigenvalue weighted by Crippen LogP contribution is 2.31. The number of halogens is 1. The van der Waals surface area contributed by atoms with Crippen LogP contribution in [0.3, 0.4) is 0 Å². The van der Waals surface area contributed by atoms with E-state index in [4.69, 9.17) is 11.6 Å². The van der Waals surface area contributed by atoms with Crippen LogP contribution in [0, 0.1) is 0 Å². The van der Waals surface area contributed by atoms with E-state index in [9.17, 15) is 14.4 Å². The third-order valence-corrected chi connectivity index (χ3v) is 4.56. The number of rotatable bonds is 4. The van der Waals surface area contributed by atoms with Gasteiger partial charge < -0.3 is 5.32 Å². The van der Waals surface area contributed by atoms with Gasteiger partial charge in [0.15, 0.2) is 12.1 Å². The number of imide groups is 1. The molecule has 0 saturated carbocycles. The van der Waals surface area contributed by atoms with Gasteiger partial charge in [-0.15, -0.1) is 0 Å². The number of carbonyl (C=O) groups excluding carboxylic acids is 3. The average molecular weight is 384 g/mol. The molecule has 0 aromatic heterocycles. The monoisotopic (exact) mass is 383 g/mol. The molecule has 1 fully saturated rings. The number of para-hydroxylation sites is 1. The normalized spacial score (nSPS) is 20.9. The molecule has 1 saturated heterocycles. The van der Waals surface area contributed by atoms with Crippen molar-refractivity contribution in [3.8, 4) is 0 Å². The summed E-state index contributed by atoms with van der Waals surface area (Å²) in [6.07, 6.45) is 0. The number of anilines is 2. The van der Waals surface area contributed by atoms with Crippen molar-refractivity contribution in [3.63, 3.8) is 0 Å². The summed E-state index contributed by atoms with van der Waals surface area (Å²) in [5.41, 5.74) is 1.04. The van der Waals surface area contributed by atoms with Crippen LogP contribution in [0.4, 0.5) is 11.4 Å². The van der Waals surface area contributed by atoms with Crippen molar-refractivity contribution in [3.05, 3.63) is 59.6 Å². The highest BCUT2D eigenvalue weighted by molar-refractivity contribution is 6.30. The summed E-state index contributed by atoms with van der Waals surface area (Å²) < 4.78 is 0. The molecular weight excluding hydrogens is 370 g/mol. The molecule has 0 aliphatic carbocycles. The van der Waals surface area contributed by atoms with Gasteiger partial charge in [0.25, 0.3) is 11.8 Å². The SMILES string of the molecule is O=C(CN1N=N[C@@H]2C(=O)N(c3ccccc3)C(=O)[C@H]21)Nc1ccc(Cl)cc1. The lowest BCUT2D eigenvalue weighted by atomic mass is 10.1. The summed E-state index contributed by atoms with van der Waals surface area (Å²) in [5.74, 6) is -1.27. The van der Waals surface area contributed by atoms with E-state index in [1.165, 1.54) is 5.01 Å². The van der Waals surface area contributed by atoms with Gasteiger partial charge in [-0.1, -0.05) is 35.0 Å². The highest BCUT2D eigenvalue weighted by atomic mass is 35.5. The molecule has 27 heavy (non-hydrogen) atoms. The molecule has 0 unspecified atom stereocenters. The summed E-state index contributed by atoms with van der Waals surface area (Å²) in [6, 6.07) is 13.4. The molecule has 4 rings (SSSR count). The molecule has 2 heterocycles. The molecule has 1 N–H and O–H groups in total. The Hall–Kier alpha value is -3.26. The topological polar surface area (TPSA) is 94.4 Å². The van der Waals surface area contributed by atoms with Gasteiger partial charge in [0.2, 0.25) is 5.91 Å². The van der Waals surface area contributed by atoms with E-state index in [1.54, 1.807) is 54.6 Å². The van der Waals surface area contributed by atoms with E-state index in [1.807, 2.05) is 0 Å². The first-order chi connectivity index (χ1) is 13.0. The van der Waals surface area contributed by atoms with E-state index in [0.29, 0.717) is 16.4 Å². The molecule has 2 atom stereocenters. The van der Waals surface area contributed by atoms with Gasteiger partial charge in [-0.2, -0.15) is 5.11 Å². The third kappa shape index (κ3) is 3.15. The van der Waals surface area contributed by atoms with E-state index in [2.05, 4.69) is 15.7 Å². The fourth-order valence-corrected chi connectivity index (χ4v) is 3.19. The third-order valence-electron chi connectivity index (χ3n) is 4.31. The molecule has 0 bridgehead atoms. The summed E-state index contributed by atoms with van der Waals surface area (Å²) in [4.78, 5) is 38.7. The molecule has 2 aliphatic heterocycles. The summed E-state index contributed by atoms with van der Waals surface area (Å²) in [5, 5.41) is 12.3. The maximum atomic E-state index is 12.8. The fraction of sp³-hybridized carbons (Fsp3) is 0.167. The minimum Gasteiger partial charge on any atom is -0.324 e. The minimum atomic E-state index is -0.930. The van der Waals surface area contributed by atoms with Crippen molar-refractivity contribution in [2.75, 3.05) is 16.8 Å². The van der Waals surface area contributed by atoms with Gasteiger partial charge in [0, 0.05) is 10.7 Å². The van der Waals surface area contributed by atoms with Gasteiger partial charge in [0.1, 0.15) is 6.54 Å². The molecule has 0 radical (unpaired) electrons. The zero-order valence-corrected chi connectivity index (χ0v) is 14.7. The molecule has 2 aliphatic rings. The first-order valence-electron chi connectivity index (χ1n) is 8.20. The molecule has 0 spiro atoms. The van der Waals surface area contributed by atoms with Crippen LogP contribution in [0.1, 0.15) is 0 Å². The van der Waals surface area contributed by atoms with Gasteiger partial charge in [-0.05, 0) is 36.4 Å². The van der Waals surface area contributed by atoms with Crippen LogP contribution in [0.5, 0.6) is 0 Å². The molecule has 9 heteroatoms. The van der Waals surface area contributed by atoms with E-state index >= 15 is 0 Å². The van der Waals surface area contributed by atoms with Crippen molar-refractivity contribution in [2.24, 2.45) is 10.3 Å². The second-order valence-electron chi connectivity index (χ2n) is 6.09. The quantitative estimate of drug-likeness (QED) is 0.819. The summed E-state index contributed by atoms with van der Waals surface area (Å²) >= 11 is 5.82. The largest absolute Gasteiger partial charge is 0.324 e. The Morgan fingerprint density at radius 2 is 1.74 bits per heavy atom. The maximum Gasteiger partial charge on any atom is 0.263 e. The molecule has 2 aromatic carbocycles. The first kappa shape index (κ1) is 17.2. The molecule has 2 aromatic rings. The Morgan fingerprint density at radius 1 is 1.04 bits per heavy atom. The lowest BCUT2D eigenvalue weighted by Gasteiger charge is -2.20. The number of nitrogens with one attached hydrogen (secondary N) is 1. The van der Waals surface area contributed by atoms with Gasteiger partial charge in [-0.25, -0.2) is 4.90 Å². The number of hydrogen-bond donors (Lipinski definition) is 1. The number of hydrogen-bond acceptors (Lipinski definition) is 6. The maximum absolute atomic E-state index is 12.8. The van der Waals surface area contributed by atoms with Gasteiger partial charge in [-0.3, -0.25) is 19.4 Å². The van der Waals surface area contributed by atoms with E-state index in [0.717, 1.165) is 4.90 Å². The second kappa shape index (κ2) is 6.81. The number of benzene rings is 2. The van der Waals surface area contributed by atoms with Crippen molar-refractivity contribution in [2.45, 2.75) is 12.1 Å². The van der Waals surface area contributed by atoms with Crippen LogP contribution in [-0.2, 0) is 14.4 Å². The fourth-order valence-electron chi connectivity index (χ4n) is 3.07. The van der Waals surface area contributed by atoms with Crippen molar-refractivity contribution >= 4 is 40.7 Å². The average Bonchev–Trinajstić information content (AvgIpc) is 3.18. The molecule has 136 valence electrons. The van der Waals surface area contributed by atoms with Crippen molar-refractivity contribution < 1.29 is 14.4 Å². The smallest absolute Gasteiger partial charge is 0.263 e. The summed E-state index contributed by atoms with van der Waals surface area (Å²) in [7, 11) is 0. The Kier molecular flexibility index (Phi) is 4.33. The highest BCUT2D eigenvalue weighted by Gasteiger charge is 2.55. The lowest BCUT2D eigenvalue weighted by molar-refractivity contribution is -0.123.